The van der Waals surface area contributed by atoms with Crippen LogP contribution in [0.15, 0.2) is 12.3 Å². The van der Waals surface area contributed by atoms with Crippen molar-refractivity contribution in [2.75, 3.05) is 30.0 Å². The summed E-state index contributed by atoms with van der Waals surface area (Å²) in [6.45, 7) is 1.93. The van der Waals surface area contributed by atoms with Gasteiger partial charge in [0.15, 0.2) is 0 Å². The van der Waals surface area contributed by atoms with Gasteiger partial charge in [0.25, 0.3) is 0 Å². The molecule has 0 aliphatic heterocycles. The van der Waals surface area contributed by atoms with E-state index in [9.17, 15) is 5.11 Å². The molecule has 0 aromatic carbocycles. The molecule has 2 rings (SSSR count). The Labute approximate surface area is 128 Å². The lowest BCUT2D eigenvalue weighted by atomic mass is 10.1. The number of aliphatic hydroxyl groups excluding tert-OH is 1. The number of rotatable bonds is 6. The van der Waals surface area contributed by atoms with Gasteiger partial charge in [-0.05, 0) is 13.0 Å². The van der Waals surface area contributed by atoms with E-state index in [0.29, 0.717) is 22.9 Å². The standard InChI is InChI=1S/C13H20N8O/c1-7(22)6-17-12-9(11(16-2)18-13(15)19-12)10(14)8-4-5-21(3)20-8/h4-5,7,14,22H,6H2,1-3H3,(H4,15,16,17,18,19). The summed E-state index contributed by atoms with van der Waals surface area (Å²) in [4.78, 5) is 8.25. The molecule has 0 saturated heterocycles. The Bertz CT molecular complexity index is 679. The van der Waals surface area contributed by atoms with Gasteiger partial charge in [-0.2, -0.15) is 15.1 Å². The molecule has 2 aromatic heterocycles. The molecule has 0 spiro atoms. The molecule has 0 saturated carbocycles. The van der Waals surface area contributed by atoms with Crippen molar-refractivity contribution in [1.82, 2.24) is 19.7 Å². The monoisotopic (exact) mass is 304 g/mol. The van der Waals surface area contributed by atoms with E-state index in [1.165, 1.54) is 0 Å². The summed E-state index contributed by atoms with van der Waals surface area (Å²) in [6.07, 6.45) is 1.19. The summed E-state index contributed by atoms with van der Waals surface area (Å²) in [5, 5.41) is 27.9. The first-order valence-corrected chi connectivity index (χ1v) is 6.78. The van der Waals surface area contributed by atoms with Crippen molar-refractivity contribution in [3.8, 4) is 0 Å². The maximum atomic E-state index is 9.44. The van der Waals surface area contributed by atoms with Crippen LogP contribution in [-0.2, 0) is 7.05 Å². The highest BCUT2D eigenvalue weighted by Crippen LogP contribution is 2.24. The lowest BCUT2D eigenvalue weighted by Gasteiger charge is -2.16. The molecule has 0 aliphatic rings. The fraction of sp³-hybridized carbons (Fsp3) is 0.385. The average Bonchev–Trinajstić information content (AvgIpc) is 2.90. The molecular weight excluding hydrogens is 284 g/mol. The van der Waals surface area contributed by atoms with Crippen LogP contribution in [0.5, 0.6) is 0 Å². The van der Waals surface area contributed by atoms with Crippen molar-refractivity contribution in [1.29, 1.82) is 5.41 Å². The molecule has 22 heavy (non-hydrogen) atoms. The minimum Gasteiger partial charge on any atom is -0.392 e. The van der Waals surface area contributed by atoms with Crippen molar-refractivity contribution < 1.29 is 5.11 Å². The van der Waals surface area contributed by atoms with E-state index in [1.807, 2.05) is 0 Å². The Kier molecular flexibility index (Phi) is 4.56. The highest BCUT2D eigenvalue weighted by molar-refractivity contribution is 6.15. The van der Waals surface area contributed by atoms with Gasteiger partial charge in [0.2, 0.25) is 5.95 Å². The molecule has 0 radical (unpaired) electrons. The minimum absolute atomic E-state index is 0.0787. The van der Waals surface area contributed by atoms with Gasteiger partial charge >= 0.3 is 0 Å². The Hall–Kier alpha value is -2.68. The molecule has 118 valence electrons. The van der Waals surface area contributed by atoms with Gasteiger partial charge in [0.05, 0.1) is 17.4 Å². The van der Waals surface area contributed by atoms with Gasteiger partial charge in [-0.3, -0.25) is 10.1 Å². The van der Waals surface area contributed by atoms with Gasteiger partial charge in [-0.1, -0.05) is 0 Å². The highest BCUT2D eigenvalue weighted by Gasteiger charge is 2.20. The first-order valence-electron chi connectivity index (χ1n) is 6.78. The normalized spacial score (nSPS) is 12.0. The smallest absolute Gasteiger partial charge is 0.223 e. The summed E-state index contributed by atoms with van der Waals surface area (Å²) < 4.78 is 1.62. The summed E-state index contributed by atoms with van der Waals surface area (Å²) >= 11 is 0. The van der Waals surface area contributed by atoms with Crippen LogP contribution >= 0.6 is 0 Å². The number of nitrogens with one attached hydrogen (secondary N) is 3. The number of hydrogen-bond donors (Lipinski definition) is 5. The first-order chi connectivity index (χ1) is 10.4. The molecule has 2 aromatic rings. The summed E-state index contributed by atoms with van der Waals surface area (Å²) in [5.41, 5.74) is 6.81. The molecule has 1 atom stereocenters. The van der Waals surface area contributed by atoms with Crippen LogP contribution in [0.2, 0.25) is 0 Å². The van der Waals surface area contributed by atoms with Crippen molar-refractivity contribution >= 4 is 23.3 Å². The second-order valence-electron chi connectivity index (χ2n) is 4.88. The maximum absolute atomic E-state index is 9.44. The first kappa shape index (κ1) is 15.7. The number of nitrogen functional groups attached to an aromatic ring is 1. The lowest BCUT2D eigenvalue weighted by molar-refractivity contribution is 0.208. The summed E-state index contributed by atoms with van der Waals surface area (Å²) in [6, 6.07) is 1.73. The third-order valence-electron chi connectivity index (χ3n) is 2.95. The molecule has 1 unspecified atom stereocenters. The third-order valence-corrected chi connectivity index (χ3v) is 2.95. The molecule has 6 N–H and O–H groups in total. The van der Waals surface area contributed by atoms with Crippen LogP contribution in [0.4, 0.5) is 17.6 Å². The van der Waals surface area contributed by atoms with Crippen LogP contribution in [0, 0.1) is 5.41 Å². The largest absolute Gasteiger partial charge is 0.392 e. The molecule has 0 amide bonds. The van der Waals surface area contributed by atoms with Crippen LogP contribution in [0.1, 0.15) is 18.2 Å². The van der Waals surface area contributed by atoms with Gasteiger partial charge in [0, 0.05) is 26.8 Å². The van der Waals surface area contributed by atoms with E-state index >= 15 is 0 Å². The van der Waals surface area contributed by atoms with Crippen LogP contribution in [-0.4, -0.2) is 50.3 Å². The van der Waals surface area contributed by atoms with Gasteiger partial charge in [0.1, 0.15) is 17.3 Å². The van der Waals surface area contributed by atoms with Crippen molar-refractivity contribution in [2.24, 2.45) is 7.05 Å². The number of nitrogens with zero attached hydrogens (tertiary/aromatic N) is 4. The van der Waals surface area contributed by atoms with Gasteiger partial charge in [-0.15, -0.1) is 0 Å². The van der Waals surface area contributed by atoms with Crippen molar-refractivity contribution in [3.63, 3.8) is 0 Å². The second-order valence-corrected chi connectivity index (χ2v) is 4.88. The molecule has 0 bridgehead atoms. The lowest BCUT2D eigenvalue weighted by Crippen LogP contribution is -2.21. The summed E-state index contributed by atoms with van der Waals surface area (Å²) in [7, 11) is 3.47. The number of nitrogens with two attached hydrogens (primary N) is 1. The number of hydrogen-bond acceptors (Lipinski definition) is 8. The number of aryl methyl sites for hydroxylation is 1. The van der Waals surface area contributed by atoms with E-state index in [-0.39, 0.29) is 18.2 Å². The molecule has 9 nitrogen and oxygen atoms in total. The molecular formula is C13H20N8O. The number of anilines is 3. The van der Waals surface area contributed by atoms with Crippen LogP contribution < -0.4 is 16.4 Å². The Morgan fingerprint density at radius 1 is 1.45 bits per heavy atom. The van der Waals surface area contributed by atoms with E-state index in [1.54, 1.807) is 38.0 Å². The Morgan fingerprint density at radius 3 is 2.68 bits per heavy atom. The molecule has 0 aliphatic carbocycles. The Morgan fingerprint density at radius 2 is 2.14 bits per heavy atom. The number of aliphatic hydroxyl groups is 1. The Balaban J connectivity index is 2.48. The third kappa shape index (κ3) is 3.31. The predicted octanol–water partition coefficient (Wildman–Crippen LogP) is 0.0429. The topological polar surface area (TPSA) is 138 Å². The average molecular weight is 304 g/mol. The zero-order valence-electron chi connectivity index (χ0n) is 12.8. The van der Waals surface area contributed by atoms with E-state index in [0.717, 1.165) is 0 Å². The van der Waals surface area contributed by atoms with E-state index in [2.05, 4.69) is 25.7 Å². The fourth-order valence-electron chi connectivity index (χ4n) is 1.94. The fourth-order valence-corrected chi connectivity index (χ4v) is 1.94. The zero-order chi connectivity index (χ0) is 16.3. The number of aromatic nitrogens is 4. The summed E-state index contributed by atoms with van der Waals surface area (Å²) in [5.74, 6) is 0.889. The van der Waals surface area contributed by atoms with Crippen LogP contribution in [0.3, 0.4) is 0 Å². The predicted molar refractivity (Wildman–Crippen MR) is 85.3 cm³/mol. The molecule has 9 heteroatoms. The molecule has 2 heterocycles. The molecule has 0 fully saturated rings. The quantitative estimate of drug-likeness (QED) is 0.475. The van der Waals surface area contributed by atoms with E-state index in [4.69, 9.17) is 11.1 Å². The second kappa shape index (κ2) is 6.39. The minimum atomic E-state index is -0.564. The van der Waals surface area contributed by atoms with Crippen molar-refractivity contribution in [3.05, 3.63) is 23.5 Å². The SMILES string of the molecule is CNc1nc(N)nc(NCC(C)O)c1C(=N)c1ccn(C)n1. The van der Waals surface area contributed by atoms with Crippen molar-refractivity contribution in [2.45, 2.75) is 13.0 Å². The highest BCUT2D eigenvalue weighted by atomic mass is 16.3. The van der Waals surface area contributed by atoms with Gasteiger partial charge in [-0.25, -0.2) is 0 Å². The van der Waals surface area contributed by atoms with Crippen LogP contribution in [0.25, 0.3) is 0 Å². The van der Waals surface area contributed by atoms with Gasteiger partial charge < -0.3 is 21.5 Å². The maximum Gasteiger partial charge on any atom is 0.223 e. The van der Waals surface area contributed by atoms with E-state index < -0.39 is 6.10 Å². The zero-order valence-corrected chi connectivity index (χ0v) is 12.8.